The van der Waals surface area contributed by atoms with Crippen LogP contribution in [0.3, 0.4) is 0 Å². The van der Waals surface area contributed by atoms with Crippen LogP contribution in [0.1, 0.15) is 41.5 Å². The van der Waals surface area contributed by atoms with Gasteiger partial charge < -0.3 is 0 Å². The first-order valence-electron chi connectivity index (χ1n) is 8.16. The van der Waals surface area contributed by atoms with Gasteiger partial charge in [0.15, 0.2) is 0 Å². The van der Waals surface area contributed by atoms with E-state index in [0.29, 0.717) is 17.8 Å². The topological polar surface area (TPSA) is 48.1 Å². The number of rotatable bonds is 10. The summed E-state index contributed by atoms with van der Waals surface area (Å²) in [5, 5.41) is 14.5. The van der Waals surface area contributed by atoms with E-state index in [2.05, 4.69) is 61.9 Å². The Bertz CT molecular complexity index is 330. The van der Waals surface area contributed by atoms with Gasteiger partial charge in [-0.3, -0.25) is 0 Å². The van der Waals surface area contributed by atoms with E-state index < -0.39 is 15.7 Å². The Labute approximate surface area is 148 Å². The molecule has 0 aliphatic carbocycles. The van der Waals surface area contributed by atoms with E-state index in [1.807, 2.05) is 7.05 Å². The maximum atomic E-state index is 9.87. The Kier molecular flexibility index (Phi) is 10.4. The summed E-state index contributed by atoms with van der Waals surface area (Å²) in [5.41, 5.74) is 0. The van der Waals surface area contributed by atoms with Gasteiger partial charge in [0.2, 0.25) is 0 Å². The van der Waals surface area contributed by atoms with E-state index in [1.165, 1.54) is 0 Å². The molecule has 0 aliphatic rings. The molecule has 0 atom stereocenters. The molecule has 0 unspecified atom stereocenters. The first-order valence-corrected chi connectivity index (χ1v) is 12.0. The fraction of sp³-hybridized carbons (Fsp3) is 1.00. The summed E-state index contributed by atoms with van der Waals surface area (Å²) in [5.74, 6) is 1.96. The summed E-state index contributed by atoms with van der Waals surface area (Å²) in [7, 11) is -10.3. The van der Waals surface area contributed by atoms with Crippen molar-refractivity contribution in [2.75, 3.05) is 26.7 Å². The van der Waals surface area contributed by atoms with Gasteiger partial charge in [-0.05, 0) is 17.8 Å². The summed E-state index contributed by atoms with van der Waals surface area (Å²) in [6, 6.07) is 0. The molecule has 0 aromatic carbocycles. The van der Waals surface area contributed by atoms with E-state index in [4.69, 9.17) is 0 Å². The number of nitrogens with one attached hydrogen (secondary N) is 4. The predicted molar refractivity (Wildman–Crippen MR) is 98.1 cm³/mol. The number of hydrogen-bond acceptors (Lipinski definition) is 4. The fourth-order valence-corrected chi connectivity index (χ4v) is 4.09. The van der Waals surface area contributed by atoms with Crippen LogP contribution in [0, 0.1) is 17.8 Å². The van der Waals surface area contributed by atoms with Gasteiger partial charge in [0, 0.05) is 26.7 Å². The van der Waals surface area contributed by atoms with Crippen LogP contribution in [0.5, 0.6) is 0 Å². The molecule has 158 valence electrons. The van der Waals surface area contributed by atoms with Crippen molar-refractivity contribution in [1.29, 1.82) is 0 Å². The average molecular weight is 422 g/mol. The molecule has 0 aliphatic heterocycles. The molecule has 0 aromatic heterocycles. The third-order valence-electron chi connectivity index (χ3n) is 2.55. The Morgan fingerprint density at radius 2 is 0.840 bits per heavy atom. The van der Waals surface area contributed by atoms with Crippen molar-refractivity contribution >= 4 is 15.7 Å². The first-order chi connectivity index (χ1) is 10.8. The van der Waals surface area contributed by atoms with E-state index >= 15 is 0 Å². The zero-order chi connectivity index (χ0) is 20.6. The summed E-state index contributed by atoms with van der Waals surface area (Å²) in [6.07, 6.45) is 0. The Morgan fingerprint density at radius 1 is 0.640 bits per heavy atom. The third-order valence-corrected chi connectivity index (χ3v) is 5.19. The Morgan fingerprint density at radius 3 is 0.960 bits per heavy atom. The van der Waals surface area contributed by atoms with Crippen LogP contribution in [-0.2, 0) is 0 Å². The molecule has 0 bridgehead atoms. The molecule has 12 heteroatoms. The molecule has 0 radical (unpaired) electrons. The van der Waals surface area contributed by atoms with Gasteiger partial charge in [0.05, 0.1) is 0 Å². The van der Waals surface area contributed by atoms with E-state index in [9.17, 15) is 25.2 Å². The molecule has 0 aromatic rings. The standard InChI is InChI=1S/C13H34N4P.F6P/c1-11(2)8-15-18(14-7,16-9-12(3)4)17-10-13(5)6;1-7(2,3,4,5)6/h11-17H,8-10H2,1-7H3;/q+1;-1. The SMILES string of the molecule is CN[P+](NCC(C)C)(NCC(C)C)NCC(C)C.F[P-](F)(F)(F)(F)F. The van der Waals surface area contributed by atoms with Crippen LogP contribution in [-0.4, -0.2) is 26.7 Å². The first kappa shape index (κ1) is 27.5. The van der Waals surface area contributed by atoms with E-state index in [0.717, 1.165) is 19.6 Å². The predicted octanol–water partition coefficient (Wildman–Crippen LogP) is 6.00. The molecular formula is C13H34F6N4P2. The second kappa shape index (κ2) is 9.47. The third kappa shape index (κ3) is 26.6. The van der Waals surface area contributed by atoms with Crippen LogP contribution in [0.25, 0.3) is 0 Å². The van der Waals surface area contributed by atoms with Gasteiger partial charge in [0.1, 0.15) is 0 Å². The average Bonchev–Trinajstić information content (AvgIpc) is 2.34. The quantitative estimate of drug-likeness (QED) is 0.258. The van der Waals surface area contributed by atoms with E-state index in [-0.39, 0.29) is 0 Å². The van der Waals surface area contributed by atoms with Gasteiger partial charge in [-0.25, -0.2) is 0 Å². The van der Waals surface area contributed by atoms with Crippen molar-refractivity contribution in [3.05, 3.63) is 0 Å². The summed E-state index contributed by atoms with van der Waals surface area (Å²) in [6.45, 7) is 16.5. The molecule has 0 spiro atoms. The van der Waals surface area contributed by atoms with Crippen molar-refractivity contribution in [3.63, 3.8) is 0 Å². The normalized spacial score (nSPS) is 15.8. The molecule has 0 rings (SSSR count). The maximum absolute atomic E-state index is 10.7. The van der Waals surface area contributed by atoms with Gasteiger partial charge in [-0.1, -0.05) is 41.5 Å². The van der Waals surface area contributed by atoms with Crippen molar-refractivity contribution in [2.24, 2.45) is 17.8 Å². The summed E-state index contributed by atoms with van der Waals surface area (Å²) < 4.78 is 59.2. The molecule has 0 saturated carbocycles. The van der Waals surface area contributed by atoms with Crippen molar-refractivity contribution in [1.82, 2.24) is 20.3 Å². The second-order valence-electron chi connectivity index (χ2n) is 7.12. The molecule has 4 nitrogen and oxygen atoms in total. The van der Waals surface area contributed by atoms with Crippen molar-refractivity contribution in [2.45, 2.75) is 41.5 Å². The van der Waals surface area contributed by atoms with Gasteiger partial charge in [-0.2, -0.15) is 0 Å². The molecule has 25 heavy (non-hydrogen) atoms. The zero-order valence-corrected chi connectivity index (χ0v) is 17.8. The molecule has 0 heterocycles. The monoisotopic (exact) mass is 422 g/mol. The van der Waals surface area contributed by atoms with Gasteiger partial charge in [-0.15, -0.1) is 20.3 Å². The Balaban J connectivity index is 0. The molecular weight excluding hydrogens is 388 g/mol. The second-order valence-corrected chi connectivity index (χ2v) is 11.8. The summed E-state index contributed by atoms with van der Waals surface area (Å²) in [4.78, 5) is 0. The summed E-state index contributed by atoms with van der Waals surface area (Å²) >= 11 is 0. The van der Waals surface area contributed by atoms with Crippen LogP contribution in [0.2, 0.25) is 0 Å². The molecule has 0 amide bonds. The van der Waals surface area contributed by atoms with E-state index in [1.54, 1.807) is 0 Å². The van der Waals surface area contributed by atoms with Crippen molar-refractivity contribution < 1.29 is 25.2 Å². The zero-order valence-electron chi connectivity index (χ0n) is 16.0. The minimum atomic E-state index is -10.7. The molecule has 4 N–H and O–H groups in total. The molecule has 0 saturated heterocycles. The van der Waals surface area contributed by atoms with Crippen LogP contribution in [0.15, 0.2) is 0 Å². The van der Waals surface area contributed by atoms with Crippen LogP contribution in [0.4, 0.5) is 25.2 Å². The van der Waals surface area contributed by atoms with Crippen molar-refractivity contribution in [3.8, 4) is 0 Å². The fourth-order valence-electron chi connectivity index (χ4n) is 1.36. The molecule has 0 fully saturated rings. The van der Waals surface area contributed by atoms with Gasteiger partial charge >= 0.3 is 33.0 Å². The van der Waals surface area contributed by atoms with Gasteiger partial charge in [0.25, 0.3) is 7.87 Å². The number of hydrogen-bond donors (Lipinski definition) is 4. The minimum absolute atomic E-state index is 0.652. The van der Waals surface area contributed by atoms with Crippen LogP contribution >= 0.6 is 15.7 Å². The Hall–Kier alpha value is 0.280. The number of halogens is 6. The van der Waals surface area contributed by atoms with Crippen LogP contribution < -0.4 is 20.3 Å².